The van der Waals surface area contributed by atoms with E-state index < -0.39 is 5.97 Å². The van der Waals surface area contributed by atoms with Crippen molar-refractivity contribution in [1.29, 1.82) is 0 Å². The third-order valence-electron chi connectivity index (χ3n) is 3.41. The first-order valence-electron chi connectivity index (χ1n) is 7.75. The van der Waals surface area contributed by atoms with Gasteiger partial charge in [0.1, 0.15) is 12.0 Å². The summed E-state index contributed by atoms with van der Waals surface area (Å²) in [5.74, 6) is -0.259. The van der Waals surface area contributed by atoms with Gasteiger partial charge >= 0.3 is 5.97 Å². The Morgan fingerprint density at radius 1 is 1.15 bits per heavy atom. The maximum Gasteiger partial charge on any atom is 0.338 e. The molecule has 0 fully saturated rings. The van der Waals surface area contributed by atoms with Gasteiger partial charge in [-0.1, -0.05) is 51.9 Å². The van der Waals surface area contributed by atoms with E-state index in [1.165, 1.54) is 57.6 Å². The quantitative estimate of drug-likeness (QED) is 0.563. The van der Waals surface area contributed by atoms with Crippen LogP contribution in [-0.4, -0.2) is 17.6 Å². The van der Waals surface area contributed by atoms with Crippen molar-refractivity contribution in [3.8, 4) is 0 Å². The van der Waals surface area contributed by atoms with Crippen molar-refractivity contribution in [2.75, 3.05) is 6.54 Å². The van der Waals surface area contributed by atoms with Crippen LogP contribution in [0.15, 0.2) is 16.7 Å². The summed E-state index contributed by atoms with van der Waals surface area (Å²) in [5.41, 5.74) is 0.217. The van der Waals surface area contributed by atoms with Gasteiger partial charge in [0.25, 0.3) is 0 Å². The molecule has 0 bridgehead atoms. The van der Waals surface area contributed by atoms with Crippen LogP contribution in [0.5, 0.6) is 0 Å². The van der Waals surface area contributed by atoms with Crippen LogP contribution >= 0.6 is 0 Å². The monoisotopic (exact) mass is 281 g/mol. The van der Waals surface area contributed by atoms with Gasteiger partial charge in [0.2, 0.25) is 0 Å². The molecule has 0 spiro atoms. The molecule has 2 N–H and O–H groups in total. The summed E-state index contributed by atoms with van der Waals surface area (Å²) in [6, 6.07) is 1.57. The Morgan fingerprint density at radius 3 is 2.40 bits per heavy atom. The predicted molar refractivity (Wildman–Crippen MR) is 80.0 cm³/mol. The van der Waals surface area contributed by atoms with Crippen molar-refractivity contribution < 1.29 is 14.3 Å². The molecule has 0 amide bonds. The Morgan fingerprint density at radius 2 is 1.80 bits per heavy atom. The van der Waals surface area contributed by atoms with Gasteiger partial charge in [0, 0.05) is 0 Å². The summed E-state index contributed by atoms with van der Waals surface area (Å²) in [6.45, 7) is 3.80. The smallest absolute Gasteiger partial charge is 0.338 e. The molecule has 0 saturated carbocycles. The van der Waals surface area contributed by atoms with Crippen LogP contribution < -0.4 is 5.32 Å². The molecule has 0 aliphatic heterocycles. The molecule has 0 aromatic carbocycles. The fourth-order valence-corrected chi connectivity index (χ4v) is 2.18. The number of hydrogen-bond acceptors (Lipinski definition) is 3. The maximum absolute atomic E-state index is 10.7. The van der Waals surface area contributed by atoms with E-state index in [-0.39, 0.29) is 5.56 Å². The molecule has 0 radical (unpaired) electrons. The lowest BCUT2D eigenvalue weighted by atomic mass is 10.1. The second-order valence-corrected chi connectivity index (χ2v) is 5.26. The van der Waals surface area contributed by atoms with E-state index in [0.717, 1.165) is 6.54 Å². The molecule has 20 heavy (non-hydrogen) atoms. The van der Waals surface area contributed by atoms with E-state index in [9.17, 15) is 4.79 Å². The Bertz CT molecular complexity index is 374. The van der Waals surface area contributed by atoms with Crippen LogP contribution in [0.4, 0.5) is 0 Å². The third kappa shape index (κ3) is 7.34. The average molecular weight is 281 g/mol. The van der Waals surface area contributed by atoms with Crippen LogP contribution in [-0.2, 0) is 6.54 Å². The molecule has 0 aliphatic carbocycles. The zero-order valence-electron chi connectivity index (χ0n) is 12.5. The minimum Gasteiger partial charge on any atom is -0.478 e. The number of aromatic carboxylic acids is 1. The molecule has 0 aliphatic rings. The lowest BCUT2D eigenvalue weighted by molar-refractivity contribution is 0.0696. The van der Waals surface area contributed by atoms with Crippen LogP contribution in [0.25, 0.3) is 0 Å². The summed E-state index contributed by atoms with van der Waals surface area (Å²) in [7, 11) is 0. The highest BCUT2D eigenvalue weighted by Gasteiger charge is 2.07. The van der Waals surface area contributed by atoms with E-state index in [1.807, 2.05) is 0 Å². The van der Waals surface area contributed by atoms with Crippen molar-refractivity contribution in [2.45, 2.75) is 64.8 Å². The Labute approximate surface area is 121 Å². The van der Waals surface area contributed by atoms with Crippen molar-refractivity contribution in [1.82, 2.24) is 5.32 Å². The van der Waals surface area contributed by atoms with Crippen LogP contribution in [0.2, 0.25) is 0 Å². The van der Waals surface area contributed by atoms with Gasteiger partial charge in [-0.15, -0.1) is 0 Å². The van der Waals surface area contributed by atoms with Crippen LogP contribution in [0, 0.1) is 0 Å². The van der Waals surface area contributed by atoms with Gasteiger partial charge < -0.3 is 14.8 Å². The maximum atomic E-state index is 10.7. The summed E-state index contributed by atoms with van der Waals surface area (Å²) in [5, 5.41) is 12.0. The topological polar surface area (TPSA) is 62.5 Å². The second kappa shape index (κ2) is 10.5. The van der Waals surface area contributed by atoms with Gasteiger partial charge in [-0.25, -0.2) is 4.79 Å². The van der Waals surface area contributed by atoms with Crippen molar-refractivity contribution >= 4 is 5.97 Å². The number of hydrogen-bond donors (Lipinski definition) is 2. The van der Waals surface area contributed by atoms with Gasteiger partial charge in [0.15, 0.2) is 0 Å². The zero-order chi connectivity index (χ0) is 14.6. The summed E-state index contributed by atoms with van der Waals surface area (Å²) >= 11 is 0. The lowest BCUT2D eigenvalue weighted by Crippen LogP contribution is -2.14. The van der Waals surface area contributed by atoms with E-state index in [1.54, 1.807) is 6.07 Å². The predicted octanol–water partition coefficient (Wildman–Crippen LogP) is 4.21. The number of unbranched alkanes of at least 4 members (excludes halogenated alkanes) is 7. The van der Waals surface area contributed by atoms with E-state index in [4.69, 9.17) is 9.52 Å². The average Bonchev–Trinajstić information content (AvgIpc) is 2.90. The number of carboxylic acids is 1. The van der Waals surface area contributed by atoms with Gasteiger partial charge in [0.05, 0.1) is 12.1 Å². The molecular weight excluding hydrogens is 254 g/mol. The minimum atomic E-state index is -0.942. The standard InChI is InChI=1S/C16H27NO3/c1-2-3-4-5-6-7-8-9-10-17-12-15-11-14(13-20-15)16(18)19/h11,13,17H,2-10,12H2,1H3,(H,18,19). The first kappa shape index (κ1) is 16.8. The molecule has 1 heterocycles. The second-order valence-electron chi connectivity index (χ2n) is 5.26. The Kier molecular flexibility index (Phi) is 8.79. The molecule has 0 saturated heterocycles. The van der Waals surface area contributed by atoms with Crippen LogP contribution in [0.3, 0.4) is 0 Å². The zero-order valence-corrected chi connectivity index (χ0v) is 12.5. The molecule has 114 valence electrons. The highest BCUT2D eigenvalue weighted by molar-refractivity contribution is 5.87. The molecule has 0 unspecified atom stereocenters. The number of carbonyl (C=O) groups is 1. The van der Waals surface area contributed by atoms with Gasteiger partial charge in [-0.3, -0.25) is 0 Å². The molecule has 4 nitrogen and oxygen atoms in total. The van der Waals surface area contributed by atoms with E-state index in [2.05, 4.69) is 12.2 Å². The summed E-state index contributed by atoms with van der Waals surface area (Å²) < 4.78 is 5.17. The molecule has 1 aromatic heterocycles. The molecule has 4 heteroatoms. The first-order valence-corrected chi connectivity index (χ1v) is 7.75. The molecule has 1 aromatic rings. The van der Waals surface area contributed by atoms with E-state index in [0.29, 0.717) is 12.3 Å². The highest BCUT2D eigenvalue weighted by Crippen LogP contribution is 2.09. The Balaban J connectivity index is 1.93. The number of rotatable bonds is 12. The fraction of sp³-hybridized carbons (Fsp3) is 0.688. The van der Waals surface area contributed by atoms with Crippen LogP contribution in [0.1, 0.15) is 74.4 Å². The number of furan rings is 1. The van der Waals surface area contributed by atoms with Gasteiger partial charge in [-0.05, 0) is 19.0 Å². The van der Waals surface area contributed by atoms with E-state index >= 15 is 0 Å². The molecule has 1 rings (SSSR count). The van der Waals surface area contributed by atoms with Gasteiger partial charge in [-0.2, -0.15) is 0 Å². The summed E-state index contributed by atoms with van der Waals surface area (Å²) in [4.78, 5) is 10.7. The normalized spacial score (nSPS) is 10.8. The minimum absolute atomic E-state index is 0.217. The molecular formula is C16H27NO3. The number of nitrogens with one attached hydrogen (secondary N) is 1. The number of carboxylic acid groups (broad SMARTS) is 1. The van der Waals surface area contributed by atoms with Crippen molar-refractivity contribution in [3.63, 3.8) is 0 Å². The Hall–Kier alpha value is -1.29. The fourth-order valence-electron chi connectivity index (χ4n) is 2.18. The summed E-state index contributed by atoms with van der Waals surface area (Å²) in [6.07, 6.45) is 11.8. The largest absolute Gasteiger partial charge is 0.478 e. The first-order chi connectivity index (χ1) is 9.74. The third-order valence-corrected chi connectivity index (χ3v) is 3.41. The van der Waals surface area contributed by atoms with Crippen molar-refractivity contribution in [2.24, 2.45) is 0 Å². The molecule has 0 atom stereocenters. The highest BCUT2D eigenvalue weighted by atomic mass is 16.4. The lowest BCUT2D eigenvalue weighted by Gasteiger charge is -2.03. The SMILES string of the molecule is CCCCCCCCCCNCc1cc(C(=O)O)co1. The van der Waals surface area contributed by atoms with Crippen molar-refractivity contribution in [3.05, 3.63) is 23.7 Å².